The summed E-state index contributed by atoms with van der Waals surface area (Å²) in [5.41, 5.74) is 14.1. The average Bonchev–Trinajstić information content (AvgIpc) is 2.90. The molecule has 10 heteroatoms. The number of hydrogen-bond donors (Lipinski definition) is 6. The number of rotatable bonds is 11. The van der Waals surface area contributed by atoms with Crippen molar-refractivity contribution in [1.82, 2.24) is 10.6 Å². The molecule has 0 aliphatic heterocycles. The lowest BCUT2D eigenvalue weighted by Gasteiger charge is -2.23. The lowest BCUT2D eigenvalue weighted by molar-refractivity contribution is -0.134. The van der Waals surface area contributed by atoms with E-state index in [0.29, 0.717) is 0 Å². The van der Waals surface area contributed by atoms with E-state index in [-0.39, 0.29) is 25.0 Å². The molecule has 0 fully saturated rings. The average molecular weight is 535 g/mol. The first-order chi connectivity index (χ1) is 18.5. The van der Waals surface area contributed by atoms with Gasteiger partial charge >= 0.3 is 0 Å². The van der Waals surface area contributed by atoms with Crippen LogP contribution in [0.3, 0.4) is 0 Å². The first-order valence-corrected chi connectivity index (χ1v) is 12.3. The summed E-state index contributed by atoms with van der Waals surface area (Å²) in [5, 5.41) is 22.3. The highest BCUT2D eigenvalue weighted by Crippen LogP contribution is 2.12. The van der Waals surface area contributed by atoms with Crippen LogP contribution in [0.15, 0.2) is 84.9 Å². The summed E-state index contributed by atoms with van der Waals surface area (Å²) in [7, 11) is 0. The van der Waals surface area contributed by atoms with Crippen molar-refractivity contribution in [2.75, 3.05) is 0 Å². The molecule has 0 bridgehead atoms. The fourth-order valence-electron chi connectivity index (χ4n) is 3.66. The third-order valence-electron chi connectivity index (χ3n) is 5.59. The largest absolute Gasteiger partial charge is 0.508 e. The molecule has 3 aromatic carbocycles. The minimum absolute atomic E-state index is 0.117. The van der Waals surface area contributed by atoms with Crippen LogP contribution >= 0.6 is 0 Å². The zero-order valence-electron chi connectivity index (χ0n) is 21.6. The molecule has 10 nitrogen and oxygen atoms in total. The van der Waals surface area contributed by atoms with Gasteiger partial charge < -0.3 is 32.3 Å². The monoisotopic (exact) mass is 534 g/mol. The number of carbonyl (C=O) groups is 4. The van der Waals surface area contributed by atoms with Crippen LogP contribution < -0.4 is 22.1 Å². The van der Waals surface area contributed by atoms with Gasteiger partial charge in [0.25, 0.3) is 5.97 Å². The van der Waals surface area contributed by atoms with Gasteiger partial charge in [0.2, 0.25) is 17.7 Å². The van der Waals surface area contributed by atoms with Crippen molar-refractivity contribution >= 4 is 23.7 Å². The van der Waals surface area contributed by atoms with Gasteiger partial charge in [0.05, 0.1) is 6.04 Å². The van der Waals surface area contributed by atoms with Crippen LogP contribution in [0.1, 0.15) is 23.6 Å². The van der Waals surface area contributed by atoms with Gasteiger partial charge in [-0.05, 0) is 35.2 Å². The van der Waals surface area contributed by atoms with Gasteiger partial charge in [-0.2, -0.15) is 0 Å². The maximum Gasteiger partial charge on any atom is 0.300 e. The second-order valence-electron chi connectivity index (χ2n) is 8.90. The topological polar surface area (TPSA) is 185 Å². The van der Waals surface area contributed by atoms with Crippen molar-refractivity contribution in [3.63, 3.8) is 0 Å². The van der Waals surface area contributed by atoms with E-state index in [1.165, 1.54) is 12.1 Å². The second kappa shape index (κ2) is 15.5. The van der Waals surface area contributed by atoms with Crippen molar-refractivity contribution in [1.29, 1.82) is 0 Å². The van der Waals surface area contributed by atoms with Gasteiger partial charge in [-0.1, -0.05) is 72.8 Å². The molecule has 0 unspecified atom stereocenters. The highest BCUT2D eigenvalue weighted by atomic mass is 16.4. The third-order valence-corrected chi connectivity index (χ3v) is 5.59. The van der Waals surface area contributed by atoms with E-state index < -0.39 is 41.8 Å². The number of carbonyl (C=O) groups excluding carboxylic acids is 3. The third kappa shape index (κ3) is 11.5. The molecule has 0 saturated carbocycles. The van der Waals surface area contributed by atoms with E-state index in [0.717, 1.165) is 23.6 Å². The Morgan fingerprint density at radius 1 is 0.692 bits per heavy atom. The second-order valence-corrected chi connectivity index (χ2v) is 8.90. The Bertz CT molecular complexity index is 1220. The number of aromatic hydroxyl groups is 1. The van der Waals surface area contributed by atoms with E-state index in [2.05, 4.69) is 10.6 Å². The molecule has 0 spiro atoms. The molecule has 0 radical (unpaired) electrons. The normalized spacial score (nSPS) is 12.6. The molecule has 0 aliphatic rings. The fraction of sp³-hybridized carbons (Fsp3) is 0.241. The fourth-order valence-corrected chi connectivity index (χ4v) is 3.66. The first kappa shape index (κ1) is 30.5. The van der Waals surface area contributed by atoms with E-state index >= 15 is 0 Å². The lowest BCUT2D eigenvalue weighted by Crippen LogP contribution is -2.56. The highest BCUT2D eigenvalue weighted by Gasteiger charge is 2.28. The molecule has 3 aromatic rings. The molecule has 3 atom stereocenters. The molecule has 0 heterocycles. The van der Waals surface area contributed by atoms with Crippen LogP contribution in [0, 0.1) is 0 Å². The molecule has 0 aliphatic carbocycles. The Kier molecular flexibility index (Phi) is 12.2. The molecular weight excluding hydrogens is 500 g/mol. The maximum absolute atomic E-state index is 13.2. The van der Waals surface area contributed by atoms with E-state index in [9.17, 15) is 19.5 Å². The van der Waals surface area contributed by atoms with Gasteiger partial charge in [-0.3, -0.25) is 19.2 Å². The summed E-state index contributed by atoms with van der Waals surface area (Å²) in [6.07, 6.45) is 0.666. The number of amides is 3. The summed E-state index contributed by atoms with van der Waals surface area (Å²) in [6.45, 7) is 1.08. The minimum atomic E-state index is -0.964. The SMILES string of the molecule is CC(=O)O.NC(=O)[C@H](Cc1ccccc1)NC(=O)[C@H](Cc1ccccc1)NC(=O)[C@@H](N)Cc1ccc(O)cc1. The standard InChI is InChI=1S/C27H30N4O4.C2H4O2/c28-22(15-20-11-13-21(32)14-12-20)26(34)31-24(17-19-9-5-2-6-10-19)27(35)30-23(25(29)33)16-18-7-3-1-4-8-18;1-2(3)4/h1-14,22-24,32H,15-17,28H2,(H2,29,33)(H,30,35)(H,31,34);1H3,(H,3,4)/t22-,23-,24-;/m0./s1. The molecule has 0 saturated heterocycles. The molecule has 206 valence electrons. The van der Waals surface area contributed by atoms with E-state index in [4.69, 9.17) is 21.4 Å². The molecule has 39 heavy (non-hydrogen) atoms. The van der Waals surface area contributed by atoms with Crippen molar-refractivity contribution in [2.45, 2.75) is 44.3 Å². The highest BCUT2D eigenvalue weighted by molar-refractivity contribution is 5.93. The quantitative estimate of drug-likeness (QED) is 0.214. The van der Waals surface area contributed by atoms with Crippen molar-refractivity contribution < 1.29 is 29.4 Å². The van der Waals surface area contributed by atoms with Crippen LogP contribution in [0.4, 0.5) is 0 Å². The van der Waals surface area contributed by atoms with Gasteiger partial charge in [-0.25, -0.2) is 0 Å². The predicted octanol–water partition coefficient (Wildman–Crippen LogP) is 1.29. The van der Waals surface area contributed by atoms with Crippen LogP contribution in [0.25, 0.3) is 0 Å². The maximum atomic E-state index is 13.2. The minimum Gasteiger partial charge on any atom is -0.508 e. The van der Waals surface area contributed by atoms with E-state index in [1.54, 1.807) is 12.1 Å². The van der Waals surface area contributed by atoms with Gasteiger partial charge in [0.15, 0.2) is 0 Å². The molecule has 3 amide bonds. The number of nitrogens with one attached hydrogen (secondary N) is 2. The lowest BCUT2D eigenvalue weighted by atomic mass is 10.0. The van der Waals surface area contributed by atoms with Crippen molar-refractivity contribution in [3.8, 4) is 5.75 Å². The number of benzene rings is 3. The Hall–Kier alpha value is -4.70. The zero-order valence-corrected chi connectivity index (χ0v) is 21.6. The molecule has 3 rings (SSSR count). The van der Waals surface area contributed by atoms with Gasteiger partial charge in [0.1, 0.15) is 17.8 Å². The Morgan fingerprint density at radius 3 is 1.56 bits per heavy atom. The summed E-state index contributed by atoms with van der Waals surface area (Å²) >= 11 is 0. The number of nitrogens with two attached hydrogens (primary N) is 2. The molecular formula is C29H34N4O6. The number of hydrogen-bond acceptors (Lipinski definition) is 6. The number of phenolic OH excluding ortho intramolecular Hbond substituents is 1. The first-order valence-electron chi connectivity index (χ1n) is 12.3. The van der Waals surface area contributed by atoms with Crippen LogP contribution in [-0.4, -0.2) is 52.0 Å². The van der Waals surface area contributed by atoms with Gasteiger partial charge in [0, 0.05) is 19.8 Å². The molecule has 0 aromatic heterocycles. The Labute approximate surface area is 227 Å². The van der Waals surface area contributed by atoms with E-state index in [1.807, 2.05) is 60.7 Å². The smallest absolute Gasteiger partial charge is 0.300 e. The van der Waals surface area contributed by atoms with Crippen LogP contribution in [0.2, 0.25) is 0 Å². The summed E-state index contributed by atoms with van der Waals surface area (Å²) in [4.78, 5) is 47.1. The Morgan fingerprint density at radius 2 is 1.10 bits per heavy atom. The van der Waals surface area contributed by atoms with Crippen molar-refractivity contribution in [3.05, 3.63) is 102 Å². The Balaban J connectivity index is 0.00000124. The number of carboxylic acids is 1. The molecule has 8 N–H and O–H groups in total. The number of carboxylic acid groups (broad SMARTS) is 1. The van der Waals surface area contributed by atoms with Crippen LogP contribution in [0.5, 0.6) is 5.75 Å². The summed E-state index contributed by atoms with van der Waals surface area (Å²) in [6, 6.07) is 22.0. The number of primary amides is 1. The number of aliphatic carboxylic acids is 1. The zero-order chi connectivity index (χ0) is 28.8. The summed E-state index contributed by atoms with van der Waals surface area (Å²) in [5.74, 6) is -2.42. The number of phenols is 1. The van der Waals surface area contributed by atoms with Gasteiger partial charge in [-0.15, -0.1) is 0 Å². The summed E-state index contributed by atoms with van der Waals surface area (Å²) < 4.78 is 0. The van der Waals surface area contributed by atoms with Crippen molar-refractivity contribution in [2.24, 2.45) is 11.5 Å². The predicted molar refractivity (Wildman–Crippen MR) is 146 cm³/mol. The van der Waals surface area contributed by atoms with Crippen LogP contribution in [-0.2, 0) is 38.4 Å².